The van der Waals surface area contributed by atoms with Crippen molar-refractivity contribution < 1.29 is 9.53 Å². The largest absolute Gasteiger partial charge is 0.496 e. The molecular formula is C20H26N4O2. The van der Waals surface area contributed by atoms with Crippen LogP contribution in [0.2, 0.25) is 0 Å². The van der Waals surface area contributed by atoms with Crippen molar-refractivity contribution >= 4 is 5.91 Å². The summed E-state index contributed by atoms with van der Waals surface area (Å²) in [7, 11) is 1.68. The molecule has 26 heavy (non-hydrogen) atoms. The first kappa shape index (κ1) is 17.1. The number of benzene rings is 1. The van der Waals surface area contributed by atoms with Gasteiger partial charge in [0.1, 0.15) is 11.4 Å². The molecule has 1 aromatic carbocycles. The molecule has 0 bridgehead atoms. The van der Waals surface area contributed by atoms with Crippen molar-refractivity contribution in [2.24, 2.45) is 0 Å². The number of nitrogens with one attached hydrogen (secondary N) is 1. The molecule has 2 saturated heterocycles. The van der Waals surface area contributed by atoms with Crippen LogP contribution in [0.4, 0.5) is 0 Å². The zero-order valence-electron chi connectivity index (χ0n) is 15.2. The molecular weight excluding hydrogens is 328 g/mol. The van der Waals surface area contributed by atoms with Crippen molar-refractivity contribution in [2.45, 2.75) is 37.8 Å². The third-order valence-corrected chi connectivity index (χ3v) is 5.48. The maximum absolute atomic E-state index is 13.1. The van der Waals surface area contributed by atoms with Crippen LogP contribution < -0.4 is 10.1 Å². The topological polar surface area (TPSA) is 59.4 Å². The van der Waals surface area contributed by atoms with Gasteiger partial charge in [-0.15, -0.1) is 0 Å². The van der Waals surface area contributed by atoms with Gasteiger partial charge in [0, 0.05) is 24.8 Å². The normalized spacial score (nSPS) is 23.2. The first-order chi connectivity index (χ1) is 12.8. The monoisotopic (exact) mass is 354 g/mol. The minimum absolute atomic E-state index is 0.0147. The molecule has 0 aliphatic carbocycles. The van der Waals surface area contributed by atoms with Crippen molar-refractivity contribution in [3.8, 4) is 5.75 Å². The highest BCUT2D eigenvalue weighted by Crippen LogP contribution is 2.37. The van der Waals surface area contributed by atoms with Gasteiger partial charge < -0.3 is 15.0 Å². The summed E-state index contributed by atoms with van der Waals surface area (Å²) in [6, 6.07) is 10.2. The van der Waals surface area contributed by atoms with E-state index in [-0.39, 0.29) is 11.9 Å². The van der Waals surface area contributed by atoms with Gasteiger partial charge in [-0.2, -0.15) is 5.10 Å². The second kappa shape index (κ2) is 7.50. The van der Waals surface area contributed by atoms with E-state index < -0.39 is 0 Å². The van der Waals surface area contributed by atoms with Crippen LogP contribution in [0.25, 0.3) is 0 Å². The Morgan fingerprint density at radius 3 is 2.92 bits per heavy atom. The van der Waals surface area contributed by atoms with E-state index in [9.17, 15) is 4.79 Å². The van der Waals surface area contributed by atoms with Crippen molar-refractivity contribution in [2.75, 3.05) is 26.7 Å². The van der Waals surface area contributed by atoms with Gasteiger partial charge in [-0.3, -0.25) is 9.48 Å². The zero-order chi connectivity index (χ0) is 17.9. The second-order valence-electron chi connectivity index (χ2n) is 7.08. The highest BCUT2D eigenvalue weighted by atomic mass is 16.5. The zero-order valence-corrected chi connectivity index (χ0v) is 15.2. The number of piperidine rings is 1. The van der Waals surface area contributed by atoms with E-state index >= 15 is 0 Å². The van der Waals surface area contributed by atoms with Gasteiger partial charge in [0.25, 0.3) is 5.91 Å². The van der Waals surface area contributed by atoms with Crippen LogP contribution in [0.15, 0.2) is 36.5 Å². The molecule has 3 heterocycles. The van der Waals surface area contributed by atoms with Gasteiger partial charge in [0.2, 0.25) is 0 Å². The maximum atomic E-state index is 13.1. The van der Waals surface area contributed by atoms with E-state index in [1.54, 1.807) is 7.11 Å². The summed E-state index contributed by atoms with van der Waals surface area (Å²) in [4.78, 5) is 15.1. The number of methoxy groups -OCH3 is 1. The Bertz CT molecular complexity index is 767. The molecule has 1 amide bonds. The standard InChI is InChI=1S/C20H26N4O2/c1-26-19-9-3-2-7-16(19)18-8-5-12-23(18)20(25)17-10-13-24(22-17)15-6-4-11-21-14-15/h2-3,7,9-10,13,15,18,21H,4-6,8,11-12,14H2,1H3. The summed E-state index contributed by atoms with van der Waals surface area (Å²) in [6.07, 6.45) is 6.16. The number of ether oxygens (including phenoxy) is 1. The van der Waals surface area contributed by atoms with Crippen molar-refractivity contribution in [1.29, 1.82) is 0 Å². The summed E-state index contributed by atoms with van der Waals surface area (Å²) in [5, 5.41) is 8.00. The predicted octanol–water partition coefficient (Wildman–Crippen LogP) is 2.79. The van der Waals surface area contributed by atoms with Crippen LogP contribution in [0.1, 0.15) is 53.8 Å². The smallest absolute Gasteiger partial charge is 0.274 e. The number of likely N-dealkylation sites (tertiary alicyclic amines) is 1. The Kier molecular flexibility index (Phi) is 4.93. The van der Waals surface area contributed by atoms with Gasteiger partial charge >= 0.3 is 0 Å². The highest BCUT2D eigenvalue weighted by molar-refractivity contribution is 5.92. The van der Waals surface area contributed by atoms with Gasteiger partial charge in [-0.1, -0.05) is 18.2 Å². The fraction of sp³-hybridized carbons (Fsp3) is 0.500. The van der Waals surface area contributed by atoms with Gasteiger partial charge in [0.05, 0.1) is 19.2 Å². The van der Waals surface area contributed by atoms with Crippen molar-refractivity contribution in [3.63, 3.8) is 0 Å². The Labute approximate surface area is 154 Å². The summed E-state index contributed by atoms with van der Waals surface area (Å²) in [5.41, 5.74) is 1.62. The molecule has 2 fully saturated rings. The molecule has 6 nitrogen and oxygen atoms in total. The summed E-state index contributed by atoms with van der Waals surface area (Å²) in [6.45, 7) is 2.75. The lowest BCUT2D eigenvalue weighted by Crippen LogP contribution is -2.33. The number of carbonyl (C=O) groups is 1. The number of rotatable bonds is 4. The molecule has 2 aliphatic rings. The van der Waals surface area contributed by atoms with Gasteiger partial charge in [-0.05, 0) is 44.4 Å². The lowest BCUT2D eigenvalue weighted by molar-refractivity contribution is 0.0726. The van der Waals surface area contributed by atoms with Crippen molar-refractivity contribution in [3.05, 3.63) is 47.8 Å². The van der Waals surface area contributed by atoms with Crippen LogP contribution in [-0.4, -0.2) is 47.3 Å². The summed E-state index contributed by atoms with van der Waals surface area (Å²) >= 11 is 0. The quantitative estimate of drug-likeness (QED) is 0.917. The average Bonchev–Trinajstić information content (AvgIpc) is 3.38. The lowest BCUT2D eigenvalue weighted by atomic mass is 10.0. The van der Waals surface area contributed by atoms with Gasteiger partial charge in [-0.25, -0.2) is 0 Å². The second-order valence-corrected chi connectivity index (χ2v) is 7.08. The fourth-order valence-electron chi connectivity index (χ4n) is 4.14. The third-order valence-electron chi connectivity index (χ3n) is 5.48. The molecule has 1 N–H and O–H groups in total. The van der Waals surface area contributed by atoms with E-state index in [0.29, 0.717) is 11.7 Å². The van der Waals surface area contributed by atoms with E-state index in [1.165, 1.54) is 0 Å². The minimum Gasteiger partial charge on any atom is -0.496 e. The summed E-state index contributed by atoms with van der Waals surface area (Å²) < 4.78 is 7.46. The van der Waals surface area contributed by atoms with Crippen LogP contribution in [0.5, 0.6) is 5.75 Å². The number of aromatic nitrogens is 2. The molecule has 6 heteroatoms. The molecule has 0 saturated carbocycles. The number of nitrogens with zero attached hydrogens (tertiary/aromatic N) is 3. The number of para-hydroxylation sites is 1. The molecule has 0 radical (unpaired) electrons. The molecule has 138 valence electrons. The Hall–Kier alpha value is -2.34. The molecule has 2 aliphatic heterocycles. The van der Waals surface area contributed by atoms with Crippen molar-refractivity contribution in [1.82, 2.24) is 20.0 Å². The molecule has 2 aromatic rings. The number of hydrogen-bond acceptors (Lipinski definition) is 4. The van der Waals surface area contributed by atoms with E-state index in [2.05, 4.69) is 16.5 Å². The van der Waals surface area contributed by atoms with E-state index in [4.69, 9.17) is 4.74 Å². The molecule has 2 unspecified atom stereocenters. The van der Waals surface area contributed by atoms with Crippen LogP contribution in [0.3, 0.4) is 0 Å². The van der Waals surface area contributed by atoms with Gasteiger partial charge in [0.15, 0.2) is 0 Å². The van der Waals surface area contributed by atoms with Crippen LogP contribution in [0, 0.1) is 0 Å². The Morgan fingerprint density at radius 2 is 2.12 bits per heavy atom. The number of hydrogen-bond donors (Lipinski definition) is 1. The van der Waals surface area contributed by atoms with Crippen LogP contribution in [-0.2, 0) is 0 Å². The minimum atomic E-state index is 0.0147. The SMILES string of the molecule is COc1ccccc1C1CCCN1C(=O)c1ccn(C2CCCNC2)n1. The summed E-state index contributed by atoms with van der Waals surface area (Å²) in [5.74, 6) is 0.858. The van der Waals surface area contributed by atoms with Crippen LogP contribution >= 0.6 is 0 Å². The maximum Gasteiger partial charge on any atom is 0.274 e. The lowest BCUT2D eigenvalue weighted by Gasteiger charge is -2.26. The first-order valence-corrected chi connectivity index (χ1v) is 9.47. The Balaban J connectivity index is 1.54. The number of carbonyl (C=O) groups excluding carboxylic acids is 1. The van der Waals surface area contributed by atoms with E-state index in [0.717, 1.165) is 56.6 Å². The average molecular weight is 354 g/mol. The highest BCUT2D eigenvalue weighted by Gasteiger charge is 2.33. The molecule has 4 rings (SSSR count). The predicted molar refractivity (Wildman–Crippen MR) is 99.4 cm³/mol. The Morgan fingerprint density at radius 1 is 1.23 bits per heavy atom. The molecule has 0 spiro atoms. The molecule has 1 aromatic heterocycles. The third kappa shape index (κ3) is 3.21. The first-order valence-electron chi connectivity index (χ1n) is 9.47. The fourth-order valence-corrected chi connectivity index (χ4v) is 4.14. The van der Waals surface area contributed by atoms with E-state index in [1.807, 2.05) is 40.0 Å². The molecule has 2 atom stereocenters. The number of amides is 1.